The fourth-order valence-electron chi connectivity index (χ4n) is 12.5. The SMILES string of the molecule is CN(c1ccc(-c2ccccc2)cc1)c1ccc(-c2ccccc2)cc1.CN(c1ccc(-c2ccccc2)cc1)c1cccc(-c2ccccc2)c1.CN(c1cccc(-c2ccccc2)c1)c1ccc2ccccc2c1.CN(c1ccccc1)c1c2ccccc2cc2ccccc12. The fraction of sp³-hybridized carbons (Fsp3) is 0.0426. The van der Waals surface area contributed by atoms with Gasteiger partial charge in [0.2, 0.25) is 0 Å². The van der Waals surface area contributed by atoms with Gasteiger partial charge >= 0.3 is 0 Å². The highest BCUT2D eigenvalue weighted by atomic mass is 15.1. The van der Waals surface area contributed by atoms with Crippen molar-refractivity contribution >= 4 is 77.8 Å². The van der Waals surface area contributed by atoms with Crippen LogP contribution in [0.5, 0.6) is 0 Å². The van der Waals surface area contributed by atoms with Crippen LogP contribution < -0.4 is 19.6 Å². The van der Waals surface area contributed by atoms with Crippen molar-refractivity contribution in [1.82, 2.24) is 0 Å². The number of hydrogen-bond donors (Lipinski definition) is 0. The molecule has 0 aromatic heterocycles. The number of rotatable bonds is 13. The van der Waals surface area contributed by atoms with Gasteiger partial charge in [0.25, 0.3) is 0 Å². The number of para-hydroxylation sites is 1. The molecule has 16 rings (SSSR count). The van der Waals surface area contributed by atoms with E-state index in [2.05, 4.69) is 424 Å². The molecule has 0 unspecified atom stereocenters. The standard InChI is InChI=1S/2C25H21N.C23H19N.C21H17N/c1-26(24-17-15-22(16-18-24)20-9-4-2-5-10-20)25-14-8-13-23(19-25)21-11-6-3-7-12-21;1-26(24-16-12-22(13-17-24)20-8-4-2-5-9-20)25-18-14-23(15-19-25)21-10-6-3-7-11-21;1-24(23-15-14-19-10-5-6-11-20(19)17-23)22-13-7-12-21(16-22)18-8-3-2-4-9-18;1-22(18-11-3-2-4-12-18)21-19-13-7-5-9-16(19)15-17-10-6-8-14-20(17)21/h2*2-19H,1H3;2-17H,1H3;2-15H,1H3. The summed E-state index contributed by atoms with van der Waals surface area (Å²) in [5, 5.41) is 7.66. The fourth-order valence-corrected chi connectivity index (χ4v) is 12.5. The molecule has 0 radical (unpaired) electrons. The average molecular weight is 1260 g/mol. The molecule has 98 heavy (non-hydrogen) atoms. The van der Waals surface area contributed by atoms with Crippen LogP contribution in [0.3, 0.4) is 0 Å². The minimum absolute atomic E-state index is 1.18. The van der Waals surface area contributed by atoms with Crippen molar-refractivity contribution in [3.05, 3.63) is 400 Å². The van der Waals surface area contributed by atoms with E-state index in [-0.39, 0.29) is 0 Å². The zero-order chi connectivity index (χ0) is 66.8. The van der Waals surface area contributed by atoms with Gasteiger partial charge in [-0.3, -0.25) is 0 Å². The summed E-state index contributed by atoms with van der Waals surface area (Å²) in [6, 6.07) is 141. The number of benzene rings is 16. The monoisotopic (exact) mass is 1260 g/mol. The first-order valence-corrected chi connectivity index (χ1v) is 33.4. The molecule has 0 spiro atoms. The van der Waals surface area contributed by atoms with Gasteiger partial charge in [-0.15, -0.1) is 0 Å². The summed E-state index contributed by atoms with van der Waals surface area (Å²) in [5.74, 6) is 0. The Bertz CT molecular complexity index is 5030. The molecule has 474 valence electrons. The molecule has 0 saturated heterocycles. The lowest BCUT2D eigenvalue weighted by molar-refractivity contribution is 1.21. The minimum atomic E-state index is 1.18. The normalized spacial score (nSPS) is 10.7. The van der Waals surface area contributed by atoms with Crippen LogP contribution in [0.2, 0.25) is 0 Å². The Balaban J connectivity index is 0.000000118. The summed E-state index contributed by atoms with van der Waals surface area (Å²) in [5.41, 5.74) is 21.9. The number of anilines is 8. The van der Waals surface area contributed by atoms with E-state index in [1.54, 1.807) is 0 Å². The van der Waals surface area contributed by atoms with Crippen molar-refractivity contribution in [3.63, 3.8) is 0 Å². The van der Waals surface area contributed by atoms with Gasteiger partial charge in [-0.2, -0.15) is 0 Å². The van der Waals surface area contributed by atoms with E-state index in [0.717, 1.165) is 0 Å². The molecule has 0 saturated carbocycles. The maximum absolute atomic E-state index is 2.28. The zero-order valence-corrected chi connectivity index (χ0v) is 55.9. The summed E-state index contributed by atoms with van der Waals surface area (Å²) >= 11 is 0. The van der Waals surface area contributed by atoms with Gasteiger partial charge in [0.1, 0.15) is 0 Å². The number of nitrogens with zero attached hydrogens (tertiary/aromatic N) is 4. The lowest BCUT2D eigenvalue weighted by atomic mass is 10.00. The summed E-state index contributed by atoms with van der Waals surface area (Å²) in [7, 11) is 8.48. The molecule has 0 heterocycles. The summed E-state index contributed by atoms with van der Waals surface area (Å²) in [6.07, 6.45) is 0. The second-order valence-electron chi connectivity index (χ2n) is 24.3. The molecular formula is C94H78N4. The third-order valence-electron chi connectivity index (χ3n) is 18.1. The lowest BCUT2D eigenvalue weighted by Crippen LogP contribution is -2.10. The molecule has 0 fully saturated rings. The van der Waals surface area contributed by atoms with Crippen LogP contribution in [0.4, 0.5) is 45.5 Å². The molecule has 0 aliphatic carbocycles. The molecule has 0 N–H and O–H groups in total. The Kier molecular flexibility index (Phi) is 20.4. The maximum atomic E-state index is 2.28. The van der Waals surface area contributed by atoms with Crippen LogP contribution in [0.15, 0.2) is 400 Å². The highest BCUT2D eigenvalue weighted by Crippen LogP contribution is 2.39. The van der Waals surface area contributed by atoms with Crippen LogP contribution in [-0.2, 0) is 0 Å². The quantitative estimate of drug-likeness (QED) is 0.107. The molecule has 4 heteroatoms. The largest absolute Gasteiger partial charge is 0.345 e. The van der Waals surface area contributed by atoms with Crippen molar-refractivity contribution in [2.24, 2.45) is 0 Å². The predicted octanol–water partition coefficient (Wildman–Crippen LogP) is 25.6. The van der Waals surface area contributed by atoms with Gasteiger partial charge in [0, 0.05) is 78.8 Å². The number of hydrogen-bond acceptors (Lipinski definition) is 4. The van der Waals surface area contributed by atoms with Crippen LogP contribution in [0.1, 0.15) is 0 Å². The van der Waals surface area contributed by atoms with E-state index < -0.39 is 0 Å². The van der Waals surface area contributed by atoms with E-state index in [1.165, 1.54) is 133 Å². The summed E-state index contributed by atoms with van der Waals surface area (Å²) in [4.78, 5) is 8.95. The third kappa shape index (κ3) is 15.5. The molecule has 4 nitrogen and oxygen atoms in total. The Hall–Kier alpha value is -12.5. The molecule has 0 bridgehead atoms. The van der Waals surface area contributed by atoms with E-state index >= 15 is 0 Å². The van der Waals surface area contributed by atoms with Crippen molar-refractivity contribution in [2.75, 3.05) is 47.8 Å². The second kappa shape index (κ2) is 31.2. The highest BCUT2D eigenvalue weighted by molar-refractivity contribution is 6.12. The van der Waals surface area contributed by atoms with Gasteiger partial charge < -0.3 is 19.6 Å². The maximum Gasteiger partial charge on any atom is 0.0567 e. The van der Waals surface area contributed by atoms with Crippen LogP contribution in [-0.4, -0.2) is 28.2 Å². The van der Waals surface area contributed by atoms with Crippen LogP contribution >= 0.6 is 0 Å². The first-order valence-electron chi connectivity index (χ1n) is 33.4. The lowest BCUT2D eigenvalue weighted by Gasteiger charge is -2.23. The Morgan fingerprint density at radius 2 is 0.388 bits per heavy atom. The van der Waals surface area contributed by atoms with E-state index in [9.17, 15) is 0 Å². The minimum Gasteiger partial charge on any atom is -0.345 e. The highest BCUT2D eigenvalue weighted by Gasteiger charge is 2.14. The van der Waals surface area contributed by atoms with E-state index in [4.69, 9.17) is 0 Å². The van der Waals surface area contributed by atoms with Gasteiger partial charge in [-0.05, 0) is 168 Å². The smallest absolute Gasteiger partial charge is 0.0567 e. The van der Waals surface area contributed by atoms with Gasteiger partial charge in [0.05, 0.1) is 5.69 Å². The average Bonchev–Trinajstić information content (AvgIpc) is 0.772. The molecule has 0 aliphatic heterocycles. The Morgan fingerprint density at radius 1 is 0.143 bits per heavy atom. The van der Waals surface area contributed by atoms with Crippen LogP contribution in [0.25, 0.3) is 88.0 Å². The van der Waals surface area contributed by atoms with E-state index in [1.807, 2.05) is 24.3 Å². The van der Waals surface area contributed by atoms with Gasteiger partial charge in [-0.1, -0.05) is 309 Å². The molecule has 16 aromatic rings. The Morgan fingerprint density at radius 3 is 0.776 bits per heavy atom. The van der Waals surface area contributed by atoms with Gasteiger partial charge in [0.15, 0.2) is 0 Å². The first-order chi connectivity index (χ1) is 48.3. The van der Waals surface area contributed by atoms with Crippen molar-refractivity contribution in [2.45, 2.75) is 0 Å². The molecule has 0 atom stereocenters. The summed E-state index contributed by atoms with van der Waals surface area (Å²) < 4.78 is 0. The van der Waals surface area contributed by atoms with Crippen molar-refractivity contribution in [3.8, 4) is 55.6 Å². The van der Waals surface area contributed by atoms with E-state index in [0.29, 0.717) is 0 Å². The third-order valence-corrected chi connectivity index (χ3v) is 18.1. The molecular weight excluding hydrogens is 1190 g/mol. The topological polar surface area (TPSA) is 13.0 Å². The molecule has 0 aliphatic rings. The van der Waals surface area contributed by atoms with Crippen molar-refractivity contribution < 1.29 is 0 Å². The van der Waals surface area contributed by atoms with Crippen molar-refractivity contribution in [1.29, 1.82) is 0 Å². The zero-order valence-electron chi connectivity index (χ0n) is 55.9. The Labute approximate surface area is 578 Å². The predicted molar refractivity (Wildman–Crippen MR) is 423 cm³/mol. The van der Waals surface area contributed by atoms with Gasteiger partial charge in [-0.25, -0.2) is 0 Å². The molecule has 16 aromatic carbocycles. The second-order valence-corrected chi connectivity index (χ2v) is 24.3. The number of fused-ring (bicyclic) bond motifs is 3. The molecule has 0 amide bonds. The van der Waals surface area contributed by atoms with Crippen LogP contribution in [0, 0.1) is 0 Å². The first kappa shape index (κ1) is 64.2. The summed E-state index contributed by atoms with van der Waals surface area (Å²) in [6.45, 7) is 0.